The highest BCUT2D eigenvalue weighted by Crippen LogP contribution is 2.25. The summed E-state index contributed by atoms with van der Waals surface area (Å²) in [7, 11) is 0. The molecule has 5 nitrogen and oxygen atoms in total. The number of nitrogens with one attached hydrogen (secondary N) is 2. The fourth-order valence-corrected chi connectivity index (χ4v) is 3.19. The fourth-order valence-electron chi connectivity index (χ4n) is 3.07. The van der Waals surface area contributed by atoms with Gasteiger partial charge in [-0.25, -0.2) is 9.97 Å². The molecule has 6 heteroatoms. The van der Waals surface area contributed by atoms with Gasteiger partial charge in [-0.05, 0) is 49.7 Å². The van der Waals surface area contributed by atoms with Gasteiger partial charge >= 0.3 is 0 Å². The molecular formula is C20H20ClN5. The second-order valence-corrected chi connectivity index (χ2v) is 6.89. The Labute approximate surface area is 157 Å². The van der Waals surface area contributed by atoms with E-state index in [0.29, 0.717) is 16.8 Å². The van der Waals surface area contributed by atoms with Crippen molar-refractivity contribution in [3.8, 4) is 22.6 Å². The van der Waals surface area contributed by atoms with E-state index >= 15 is 0 Å². The molecule has 1 fully saturated rings. The third-order valence-corrected chi connectivity index (χ3v) is 4.77. The summed E-state index contributed by atoms with van der Waals surface area (Å²) < 4.78 is 0. The summed E-state index contributed by atoms with van der Waals surface area (Å²) in [6, 6.07) is 13.6. The van der Waals surface area contributed by atoms with Crippen LogP contribution in [0.4, 0.5) is 5.82 Å². The molecular weight excluding hydrogens is 346 g/mol. The van der Waals surface area contributed by atoms with Crippen LogP contribution in [0, 0.1) is 5.92 Å². The first-order valence-electron chi connectivity index (χ1n) is 8.78. The minimum Gasteiger partial charge on any atom is -0.370 e. The largest absolute Gasteiger partial charge is 0.370 e. The number of anilines is 1. The van der Waals surface area contributed by atoms with Gasteiger partial charge in [-0.3, -0.25) is 4.98 Å². The number of nitrogens with zero attached hydrogens (tertiary/aromatic N) is 3. The van der Waals surface area contributed by atoms with Crippen LogP contribution in [0.2, 0.25) is 5.02 Å². The molecule has 3 heterocycles. The third-order valence-electron chi connectivity index (χ3n) is 4.52. The molecule has 0 spiro atoms. The van der Waals surface area contributed by atoms with Crippen molar-refractivity contribution in [2.75, 3.05) is 25.0 Å². The van der Waals surface area contributed by atoms with Crippen LogP contribution in [0.25, 0.3) is 22.6 Å². The van der Waals surface area contributed by atoms with Crippen LogP contribution in [0.5, 0.6) is 0 Å². The van der Waals surface area contributed by atoms with E-state index in [0.717, 1.165) is 42.3 Å². The molecule has 4 rings (SSSR count). The van der Waals surface area contributed by atoms with Crippen LogP contribution in [-0.2, 0) is 0 Å². The predicted molar refractivity (Wildman–Crippen MR) is 105 cm³/mol. The zero-order valence-electron chi connectivity index (χ0n) is 14.3. The summed E-state index contributed by atoms with van der Waals surface area (Å²) in [5.41, 5.74) is 2.77. The molecule has 2 aromatic heterocycles. The highest BCUT2D eigenvalue weighted by Gasteiger charge is 2.15. The zero-order valence-corrected chi connectivity index (χ0v) is 15.1. The average molecular weight is 366 g/mol. The van der Waals surface area contributed by atoms with Crippen molar-refractivity contribution in [1.29, 1.82) is 0 Å². The van der Waals surface area contributed by atoms with Crippen molar-refractivity contribution in [3.63, 3.8) is 0 Å². The lowest BCUT2D eigenvalue weighted by Crippen LogP contribution is -2.18. The zero-order chi connectivity index (χ0) is 17.8. The molecule has 0 radical (unpaired) electrons. The number of pyridine rings is 1. The van der Waals surface area contributed by atoms with Crippen LogP contribution in [0.1, 0.15) is 6.42 Å². The maximum atomic E-state index is 6.02. The van der Waals surface area contributed by atoms with Crippen molar-refractivity contribution in [3.05, 3.63) is 59.9 Å². The first kappa shape index (κ1) is 16.9. The Bertz CT molecular complexity index is 861. The summed E-state index contributed by atoms with van der Waals surface area (Å²) >= 11 is 6.02. The number of rotatable bonds is 5. The molecule has 2 N–H and O–H groups in total. The van der Waals surface area contributed by atoms with Gasteiger partial charge in [-0.1, -0.05) is 23.7 Å². The molecule has 0 bridgehead atoms. The molecule has 1 aromatic carbocycles. The van der Waals surface area contributed by atoms with Crippen LogP contribution in [-0.4, -0.2) is 34.6 Å². The van der Waals surface area contributed by atoms with Crippen molar-refractivity contribution in [2.24, 2.45) is 5.92 Å². The van der Waals surface area contributed by atoms with Crippen molar-refractivity contribution in [1.82, 2.24) is 20.3 Å². The average Bonchev–Trinajstić information content (AvgIpc) is 3.21. The van der Waals surface area contributed by atoms with E-state index in [1.165, 1.54) is 6.42 Å². The molecule has 1 atom stereocenters. The molecule has 132 valence electrons. The summed E-state index contributed by atoms with van der Waals surface area (Å²) in [6.07, 6.45) is 4.72. The van der Waals surface area contributed by atoms with E-state index < -0.39 is 0 Å². The van der Waals surface area contributed by atoms with Gasteiger partial charge in [0.2, 0.25) is 0 Å². The maximum absolute atomic E-state index is 6.02. The molecule has 1 saturated heterocycles. The van der Waals surface area contributed by atoms with Gasteiger partial charge in [0.05, 0.1) is 5.69 Å². The first-order chi connectivity index (χ1) is 12.8. The van der Waals surface area contributed by atoms with Crippen molar-refractivity contribution < 1.29 is 0 Å². The summed E-state index contributed by atoms with van der Waals surface area (Å²) in [5.74, 6) is 2.12. The number of hydrogen-bond acceptors (Lipinski definition) is 5. The quantitative estimate of drug-likeness (QED) is 0.718. The van der Waals surface area contributed by atoms with E-state index in [2.05, 4.69) is 15.6 Å². The van der Waals surface area contributed by atoms with Crippen molar-refractivity contribution in [2.45, 2.75) is 6.42 Å². The monoisotopic (exact) mass is 365 g/mol. The Morgan fingerprint density at radius 2 is 2.00 bits per heavy atom. The van der Waals surface area contributed by atoms with Gasteiger partial charge < -0.3 is 10.6 Å². The Balaban J connectivity index is 1.67. The van der Waals surface area contributed by atoms with E-state index in [4.69, 9.17) is 21.6 Å². The Morgan fingerprint density at radius 1 is 1.12 bits per heavy atom. The first-order valence-corrected chi connectivity index (χ1v) is 9.16. The minimum atomic E-state index is 0.630. The van der Waals surface area contributed by atoms with Gasteiger partial charge in [-0.15, -0.1) is 0 Å². The summed E-state index contributed by atoms with van der Waals surface area (Å²) in [6.45, 7) is 3.04. The molecule has 0 saturated carbocycles. The van der Waals surface area contributed by atoms with Gasteiger partial charge in [0.15, 0.2) is 5.82 Å². The molecule has 0 aliphatic carbocycles. The molecule has 3 aromatic rings. The van der Waals surface area contributed by atoms with Crippen LogP contribution in [0.15, 0.2) is 54.9 Å². The molecule has 0 amide bonds. The lowest BCUT2D eigenvalue weighted by atomic mass is 10.1. The Kier molecular flexibility index (Phi) is 5.09. The highest BCUT2D eigenvalue weighted by atomic mass is 35.5. The van der Waals surface area contributed by atoms with Gasteiger partial charge in [0.1, 0.15) is 5.82 Å². The van der Waals surface area contributed by atoms with Crippen LogP contribution in [0.3, 0.4) is 0 Å². The highest BCUT2D eigenvalue weighted by molar-refractivity contribution is 6.30. The number of halogens is 1. The third kappa shape index (κ3) is 4.00. The summed E-state index contributed by atoms with van der Waals surface area (Å²) in [4.78, 5) is 13.6. The second-order valence-electron chi connectivity index (χ2n) is 6.45. The molecule has 26 heavy (non-hydrogen) atoms. The smallest absolute Gasteiger partial charge is 0.163 e. The SMILES string of the molecule is Clc1ccc(-c2cc(NC[C@@H]3CCNC3)nc(-c3cccnc3)n2)cc1. The van der Waals surface area contributed by atoms with Crippen LogP contribution < -0.4 is 10.6 Å². The van der Waals surface area contributed by atoms with Gasteiger partial charge in [0, 0.05) is 41.2 Å². The van der Waals surface area contributed by atoms with Crippen LogP contribution >= 0.6 is 11.6 Å². The molecule has 0 unspecified atom stereocenters. The fraction of sp³-hybridized carbons (Fsp3) is 0.250. The predicted octanol–water partition coefficient (Wildman–Crippen LogP) is 3.88. The topological polar surface area (TPSA) is 62.7 Å². The lowest BCUT2D eigenvalue weighted by molar-refractivity contribution is 0.614. The number of aromatic nitrogens is 3. The lowest BCUT2D eigenvalue weighted by Gasteiger charge is -2.13. The minimum absolute atomic E-state index is 0.630. The normalized spacial score (nSPS) is 16.6. The number of benzene rings is 1. The van der Waals surface area contributed by atoms with E-state index in [-0.39, 0.29) is 0 Å². The number of hydrogen-bond donors (Lipinski definition) is 2. The van der Waals surface area contributed by atoms with E-state index in [1.54, 1.807) is 12.4 Å². The summed E-state index contributed by atoms with van der Waals surface area (Å²) in [5, 5.41) is 7.59. The van der Waals surface area contributed by atoms with Gasteiger partial charge in [-0.2, -0.15) is 0 Å². The Hall–Kier alpha value is -2.50. The van der Waals surface area contributed by atoms with Gasteiger partial charge in [0.25, 0.3) is 0 Å². The molecule has 1 aliphatic rings. The maximum Gasteiger partial charge on any atom is 0.163 e. The van der Waals surface area contributed by atoms with Crippen molar-refractivity contribution >= 4 is 17.4 Å². The van der Waals surface area contributed by atoms with E-state index in [9.17, 15) is 0 Å². The standard InChI is InChI=1S/C20H20ClN5/c21-17-5-3-15(4-6-17)18-10-19(24-12-14-7-9-23-11-14)26-20(25-18)16-2-1-8-22-13-16/h1-6,8,10,13-14,23H,7,9,11-12H2,(H,24,25,26)/t14-/m1/s1. The molecule has 1 aliphatic heterocycles. The Morgan fingerprint density at radius 3 is 2.73 bits per heavy atom. The van der Waals surface area contributed by atoms with E-state index in [1.807, 2.05) is 42.5 Å². The second kappa shape index (κ2) is 7.81.